The molecule has 3 rings (SSSR count). The van der Waals surface area contributed by atoms with Crippen LogP contribution in [0.4, 0.5) is 5.69 Å². The number of para-hydroxylation sites is 1. The second-order valence-corrected chi connectivity index (χ2v) is 5.24. The SMILES string of the molecule is Nc1ccccc1-c1ccccc1C(=O)OOC(=O)c1ccccc1. The Kier molecular flexibility index (Phi) is 4.76. The standard InChI is InChI=1S/C20H15NO4/c21-18-13-7-6-11-16(18)15-10-4-5-12-17(15)20(23)25-24-19(22)14-8-2-1-3-9-14/h1-13H,21H2. The summed E-state index contributed by atoms with van der Waals surface area (Å²) in [7, 11) is 0. The maximum absolute atomic E-state index is 12.3. The van der Waals surface area contributed by atoms with Crippen LogP contribution in [0.1, 0.15) is 20.7 Å². The smallest absolute Gasteiger partial charge is 0.386 e. The first-order valence-corrected chi connectivity index (χ1v) is 7.59. The van der Waals surface area contributed by atoms with Crippen molar-refractivity contribution in [1.29, 1.82) is 0 Å². The van der Waals surface area contributed by atoms with E-state index in [1.54, 1.807) is 72.8 Å². The van der Waals surface area contributed by atoms with E-state index in [1.165, 1.54) is 0 Å². The fourth-order valence-corrected chi connectivity index (χ4v) is 2.38. The molecule has 0 radical (unpaired) electrons. The minimum atomic E-state index is -0.775. The molecule has 5 heteroatoms. The van der Waals surface area contributed by atoms with Crippen LogP contribution < -0.4 is 5.73 Å². The topological polar surface area (TPSA) is 78.6 Å². The van der Waals surface area contributed by atoms with Crippen LogP contribution in [0.3, 0.4) is 0 Å². The molecule has 0 heterocycles. The Morgan fingerprint density at radius 1 is 0.640 bits per heavy atom. The van der Waals surface area contributed by atoms with E-state index in [4.69, 9.17) is 10.6 Å². The van der Waals surface area contributed by atoms with Crippen LogP contribution in [0.2, 0.25) is 0 Å². The minimum absolute atomic E-state index is 0.251. The van der Waals surface area contributed by atoms with Gasteiger partial charge < -0.3 is 5.73 Å². The van der Waals surface area contributed by atoms with Gasteiger partial charge in [0.05, 0.1) is 11.1 Å². The molecule has 0 fully saturated rings. The van der Waals surface area contributed by atoms with Gasteiger partial charge in [0.25, 0.3) is 0 Å². The monoisotopic (exact) mass is 333 g/mol. The third-order valence-corrected chi connectivity index (χ3v) is 3.60. The first-order valence-electron chi connectivity index (χ1n) is 7.59. The number of carbonyl (C=O) groups is 2. The molecule has 3 aromatic carbocycles. The first-order chi connectivity index (χ1) is 12.2. The molecule has 0 atom stereocenters. The maximum Gasteiger partial charge on any atom is 0.386 e. The average molecular weight is 333 g/mol. The van der Waals surface area contributed by atoms with Crippen molar-refractivity contribution in [2.45, 2.75) is 0 Å². The molecule has 0 spiro atoms. The third kappa shape index (κ3) is 3.67. The molecule has 0 aromatic heterocycles. The van der Waals surface area contributed by atoms with Crippen molar-refractivity contribution >= 4 is 17.6 Å². The van der Waals surface area contributed by atoms with Crippen LogP contribution in [0.25, 0.3) is 11.1 Å². The summed E-state index contributed by atoms with van der Waals surface area (Å²) in [4.78, 5) is 33.6. The molecule has 0 aliphatic heterocycles. The number of carbonyl (C=O) groups excluding carboxylic acids is 2. The highest BCUT2D eigenvalue weighted by Crippen LogP contribution is 2.29. The van der Waals surface area contributed by atoms with Crippen LogP contribution in [0, 0.1) is 0 Å². The van der Waals surface area contributed by atoms with Gasteiger partial charge in [0.15, 0.2) is 0 Å². The van der Waals surface area contributed by atoms with Gasteiger partial charge in [-0.1, -0.05) is 54.6 Å². The molecule has 0 amide bonds. The Hall–Kier alpha value is -3.60. The lowest BCUT2D eigenvalue weighted by Gasteiger charge is -2.10. The quantitative estimate of drug-likeness (QED) is 0.447. The number of nitrogens with two attached hydrogens (primary N) is 1. The van der Waals surface area contributed by atoms with Gasteiger partial charge in [-0.25, -0.2) is 19.4 Å². The molecule has 0 unspecified atom stereocenters. The Labute approximate surface area is 144 Å². The summed E-state index contributed by atoms with van der Waals surface area (Å²) in [6, 6.07) is 22.3. The summed E-state index contributed by atoms with van der Waals surface area (Å²) >= 11 is 0. The summed E-state index contributed by atoms with van der Waals surface area (Å²) < 4.78 is 0. The number of hydrogen-bond donors (Lipinski definition) is 1. The molecule has 5 nitrogen and oxygen atoms in total. The zero-order valence-corrected chi connectivity index (χ0v) is 13.2. The highest BCUT2D eigenvalue weighted by molar-refractivity contribution is 5.99. The lowest BCUT2D eigenvalue weighted by molar-refractivity contribution is -0.187. The Bertz CT molecular complexity index is 906. The Balaban J connectivity index is 1.80. The van der Waals surface area contributed by atoms with E-state index in [2.05, 4.69) is 4.89 Å². The van der Waals surface area contributed by atoms with Crippen molar-refractivity contribution in [3.8, 4) is 11.1 Å². The fourth-order valence-electron chi connectivity index (χ4n) is 2.38. The van der Waals surface area contributed by atoms with Gasteiger partial charge in [-0.2, -0.15) is 0 Å². The number of hydrogen-bond acceptors (Lipinski definition) is 5. The largest absolute Gasteiger partial charge is 0.398 e. The van der Waals surface area contributed by atoms with Crippen LogP contribution in [0.15, 0.2) is 78.9 Å². The van der Waals surface area contributed by atoms with Crippen LogP contribution in [0.5, 0.6) is 0 Å². The van der Waals surface area contributed by atoms with Crippen molar-refractivity contribution in [2.75, 3.05) is 5.73 Å². The molecule has 3 aromatic rings. The van der Waals surface area contributed by atoms with E-state index in [0.29, 0.717) is 16.8 Å². The number of nitrogen functional groups attached to an aromatic ring is 1. The third-order valence-electron chi connectivity index (χ3n) is 3.60. The molecule has 124 valence electrons. The summed E-state index contributed by atoms with van der Waals surface area (Å²) in [5.74, 6) is -1.52. The van der Waals surface area contributed by atoms with Crippen LogP contribution in [-0.2, 0) is 9.78 Å². The fraction of sp³-hybridized carbons (Fsp3) is 0. The summed E-state index contributed by atoms with van der Waals surface area (Å²) in [6.45, 7) is 0. The number of anilines is 1. The predicted octanol–water partition coefficient (Wildman–Crippen LogP) is 3.86. The van der Waals surface area contributed by atoms with Crippen LogP contribution >= 0.6 is 0 Å². The van der Waals surface area contributed by atoms with E-state index in [-0.39, 0.29) is 11.1 Å². The predicted molar refractivity (Wildman–Crippen MR) is 93.6 cm³/mol. The van der Waals surface area contributed by atoms with E-state index in [9.17, 15) is 9.59 Å². The molecule has 0 aliphatic rings. The highest BCUT2D eigenvalue weighted by atomic mass is 17.2. The summed E-state index contributed by atoms with van der Waals surface area (Å²) in [6.07, 6.45) is 0. The second kappa shape index (κ2) is 7.31. The molecular weight excluding hydrogens is 318 g/mol. The minimum Gasteiger partial charge on any atom is -0.398 e. The van der Waals surface area contributed by atoms with E-state index in [0.717, 1.165) is 0 Å². The number of rotatable bonds is 3. The number of benzene rings is 3. The van der Waals surface area contributed by atoms with Crippen molar-refractivity contribution in [2.24, 2.45) is 0 Å². The molecule has 0 aliphatic carbocycles. The van der Waals surface area contributed by atoms with Crippen LogP contribution in [-0.4, -0.2) is 11.9 Å². The molecule has 0 saturated carbocycles. The van der Waals surface area contributed by atoms with Gasteiger partial charge in [0.2, 0.25) is 0 Å². The van der Waals surface area contributed by atoms with E-state index >= 15 is 0 Å². The normalized spacial score (nSPS) is 10.1. The van der Waals surface area contributed by atoms with Gasteiger partial charge in [-0.3, -0.25) is 0 Å². The second-order valence-electron chi connectivity index (χ2n) is 5.24. The lowest BCUT2D eigenvalue weighted by Crippen LogP contribution is -2.12. The molecule has 2 N–H and O–H groups in total. The maximum atomic E-state index is 12.3. The van der Waals surface area contributed by atoms with Crippen molar-refractivity contribution < 1.29 is 19.4 Å². The van der Waals surface area contributed by atoms with Crippen molar-refractivity contribution in [1.82, 2.24) is 0 Å². The Morgan fingerprint density at radius 2 is 1.20 bits per heavy atom. The Morgan fingerprint density at radius 3 is 1.92 bits per heavy atom. The lowest BCUT2D eigenvalue weighted by atomic mass is 9.98. The van der Waals surface area contributed by atoms with Gasteiger partial charge in [-0.05, 0) is 29.8 Å². The first kappa shape index (κ1) is 16.3. The van der Waals surface area contributed by atoms with Gasteiger partial charge in [-0.15, -0.1) is 0 Å². The van der Waals surface area contributed by atoms with Crippen molar-refractivity contribution in [3.05, 3.63) is 90.0 Å². The zero-order chi connectivity index (χ0) is 17.6. The molecule has 0 bridgehead atoms. The zero-order valence-electron chi connectivity index (χ0n) is 13.2. The summed E-state index contributed by atoms with van der Waals surface area (Å²) in [5, 5.41) is 0. The van der Waals surface area contributed by atoms with Crippen molar-refractivity contribution in [3.63, 3.8) is 0 Å². The summed E-state index contributed by atoms with van der Waals surface area (Å²) in [5.41, 5.74) is 8.35. The van der Waals surface area contributed by atoms with Gasteiger partial charge in [0.1, 0.15) is 0 Å². The van der Waals surface area contributed by atoms with E-state index in [1.807, 2.05) is 6.07 Å². The van der Waals surface area contributed by atoms with Gasteiger partial charge in [0, 0.05) is 11.3 Å². The molecule has 25 heavy (non-hydrogen) atoms. The van der Waals surface area contributed by atoms with Gasteiger partial charge >= 0.3 is 11.9 Å². The average Bonchev–Trinajstić information content (AvgIpc) is 2.67. The highest BCUT2D eigenvalue weighted by Gasteiger charge is 2.18. The molecular formula is C20H15NO4. The molecule has 0 saturated heterocycles. The van der Waals surface area contributed by atoms with E-state index < -0.39 is 11.9 Å².